The van der Waals surface area contributed by atoms with Gasteiger partial charge in [0.25, 0.3) is 0 Å². The number of rotatable bonds is 5. The highest BCUT2D eigenvalue weighted by atomic mass is 16.5. The third-order valence-electron chi connectivity index (χ3n) is 5.47. The van der Waals surface area contributed by atoms with E-state index in [4.69, 9.17) is 4.74 Å². The molecule has 2 saturated heterocycles. The molecule has 2 heterocycles. The molecule has 3 rings (SSSR count). The third-order valence-corrected chi connectivity index (χ3v) is 5.47. The van der Waals surface area contributed by atoms with Gasteiger partial charge in [-0.15, -0.1) is 0 Å². The highest BCUT2D eigenvalue weighted by Crippen LogP contribution is 2.28. The molecule has 0 aliphatic carbocycles. The van der Waals surface area contributed by atoms with E-state index in [1.165, 1.54) is 11.1 Å². The van der Waals surface area contributed by atoms with E-state index in [2.05, 4.69) is 41.8 Å². The molecule has 4 heteroatoms. The van der Waals surface area contributed by atoms with Gasteiger partial charge in [-0.3, -0.25) is 9.69 Å². The number of carbonyl (C=O) groups is 1. The van der Waals surface area contributed by atoms with E-state index < -0.39 is 0 Å². The maximum Gasteiger partial charge on any atom is 0.222 e. The molecule has 2 fully saturated rings. The first-order valence-electron chi connectivity index (χ1n) is 9.27. The van der Waals surface area contributed by atoms with Gasteiger partial charge in [0.05, 0.1) is 7.11 Å². The number of benzene rings is 1. The summed E-state index contributed by atoms with van der Waals surface area (Å²) in [6.45, 7) is 8.47. The van der Waals surface area contributed by atoms with Crippen molar-refractivity contribution in [2.45, 2.75) is 58.0 Å². The highest BCUT2D eigenvalue weighted by molar-refractivity contribution is 5.78. The molecule has 0 aromatic heterocycles. The third kappa shape index (κ3) is 3.75. The average molecular weight is 330 g/mol. The van der Waals surface area contributed by atoms with Crippen LogP contribution in [0.15, 0.2) is 18.2 Å². The van der Waals surface area contributed by atoms with Crippen molar-refractivity contribution < 1.29 is 9.53 Å². The Morgan fingerprint density at radius 3 is 2.54 bits per heavy atom. The molecule has 2 aliphatic heterocycles. The predicted molar refractivity (Wildman–Crippen MR) is 96.3 cm³/mol. The van der Waals surface area contributed by atoms with Crippen molar-refractivity contribution in [3.8, 4) is 5.75 Å². The fraction of sp³-hybridized carbons (Fsp3) is 0.650. The molecule has 0 bridgehead atoms. The van der Waals surface area contributed by atoms with E-state index in [0.29, 0.717) is 17.9 Å². The maximum absolute atomic E-state index is 11.9. The molecule has 0 N–H and O–H groups in total. The molecule has 132 valence electrons. The molecular formula is C20H30N2O2. The summed E-state index contributed by atoms with van der Waals surface area (Å²) in [5, 5.41) is 0. The Morgan fingerprint density at radius 1 is 1.21 bits per heavy atom. The Morgan fingerprint density at radius 2 is 1.96 bits per heavy atom. The molecule has 2 aliphatic rings. The van der Waals surface area contributed by atoms with Crippen molar-refractivity contribution in [2.24, 2.45) is 0 Å². The van der Waals surface area contributed by atoms with Gasteiger partial charge in [-0.2, -0.15) is 0 Å². The molecule has 0 unspecified atom stereocenters. The minimum atomic E-state index is 0.361. The second-order valence-electron chi connectivity index (χ2n) is 7.42. The van der Waals surface area contributed by atoms with E-state index >= 15 is 0 Å². The largest absolute Gasteiger partial charge is 0.496 e. The number of ether oxygens (including phenoxy) is 1. The van der Waals surface area contributed by atoms with Crippen LogP contribution in [0, 0.1) is 0 Å². The van der Waals surface area contributed by atoms with Gasteiger partial charge in [0.1, 0.15) is 5.75 Å². The van der Waals surface area contributed by atoms with Crippen LogP contribution in [0.25, 0.3) is 0 Å². The number of carbonyl (C=O) groups excluding carboxylic acids is 1. The molecular weight excluding hydrogens is 300 g/mol. The van der Waals surface area contributed by atoms with Gasteiger partial charge in [-0.1, -0.05) is 26.0 Å². The van der Waals surface area contributed by atoms with E-state index in [0.717, 1.165) is 57.6 Å². The Hall–Kier alpha value is -1.55. The SMILES string of the molecule is COc1ccc(C(C)C)cc1CN1CCC(N2CCCC2=O)CC1. The van der Waals surface area contributed by atoms with E-state index in [1.54, 1.807) is 7.11 Å². The summed E-state index contributed by atoms with van der Waals surface area (Å²) in [7, 11) is 1.75. The predicted octanol–water partition coefficient (Wildman–Crippen LogP) is 3.41. The van der Waals surface area contributed by atoms with Crippen molar-refractivity contribution in [3.63, 3.8) is 0 Å². The first-order chi connectivity index (χ1) is 11.6. The molecule has 0 atom stereocenters. The normalized spacial score (nSPS) is 20.2. The summed E-state index contributed by atoms with van der Waals surface area (Å²) in [6.07, 6.45) is 3.98. The van der Waals surface area contributed by atoms with Crippen LogP contribution in [0.5, 0.6) is 5.75 Å². The first kappa shape index (κ1) is 17.3. The zero-order valence-electron chi connectivity index (χ0n) is 15.3. The maximum atomic E-state index is 11.9. The fourth-order valence-electron chi connectivity index (χ4n) is 3.97. The number of nitrogens with zero attached hydrogens (tertiary/aromatic N) is 2. The molecule has 4 nitrogen and oxygen atoms in total. The number of piperidine rings is 1. The lowest BCUT2D eigenvalue weighted by Crippen LogP contribution is -2.45. The highest BCUT2D eigenvalue weighted by Gasteiger charge is 2.30. The summed E-state index contributed by atoms with van der Waals surface area (Å²) in [5.41, 5.74) is 2.64. The Balaban J connectivity index is 1.61. The van der Waals surface area contributed by atoms with Crippen molar-refractivity contribution in [3.05, 3.63) is 29.3 Å². The number of hydrogen-bond acceptors (Lipinski definition) is 3. The summed E-state index contributed by atoms with van der Waals surface area (Å²) in [4.78, 5) is 16.5. The topological polar surface area (TPSA) is 32.8 Å². The number of amides is 1. The van der Waals surface area contributed by atoms with Crippen LogP contribution in [-0.4, -0.2) is 48.5 Å². The Kier molecular flexibility index (Phi) is 5.44. The second kappa shape index (κ2) is 7.56. The van der Waals surface area contributed by atoms with Gasteiger partial charge in [-0.05, 0) is 36.8 Å². The van der Waals surface area contributed by atoms with Gasteiger partial charge in [0.2, 0.25) is 5.91 Å². The zero-order valence-corrected chi connectivity index (χ0v) is 15.3. The second-order valence-corrected chi connectivity index (χ2v) is 7.42. The molecule has 0 spiro atoms. The molecule has 0 saturated carbocycles. The summed E-state index contributed by atoms with van der Waals surface area (Å²) in [5.74, 6) is 1.87. The quantitative estimate of drug-likeness (QED) is 0.829. The molecule has 1 amide bonds. The molecule has 1 aromatic carbocycles. The van der Waals surface area contributed by atoms with Gasteiger partial charge in [0.15, 0.2) is 0 Å². The standard InChI is InChI=1S/C20H30N2O2/c1-15(2)16-6-7-19(24-3)17(13-16)14-21-11-8-18(9-12-21)22-10-4-5-20(22)23/h6-7,13,15,18H,4-5,8-12,14H2,1-3H3. The fourth-order valence-corrected chi connectivity index (χ4v) is 3.97. The lowest BCUT2D eigenvalue weighted by Gasteiger charge is -2.37. The van der Waals surface area contributed by atoms with Crippen LogP contribution in [0.2, 0.25) is 0 Å². The zero-order chi connectivity index (χ0) is 17.1. The summed E-state index contributed by atoms with van der Waals surface area (Å²) in [6, 6.07) is 7.01. The van der Waals surface area contributed by atoms with Crippen LogP contribution in [0.1, 0.15) is 56.6 Å². The van der Waals surface area contributed by atoms with Crippen LogP contribution >= 0.6 is 0 Å². The van der Waals surface area contributed by atoms with E-state index in [-0.39, 0.29) is 0 Å². The monoisotopic (exact) mass is 330 g/mol. The van der Waals surface area contributed by atoms with Crippen LogP contribution in [0.4, 0.5) is 0 Å². The molecule has 1 aromatic rings. The smallest absolute Gasteiger partial charge is 0.222 e. The summed E-state index contributed by atoms with van der Waals surface area (Å²) < 4.78 is 5.56. The van der Waals surface area contributed by atoms with Gasteiger partial charge < -0.3 is 9.64 Å². The number of methoxy groups -OCH3 is 1. The van der Waals surface area contributed by atoms with Crippen molar-refractivity contribution >= 4 is 5.91 Å². The van der Waals surface area contributed by atoms with Gasteiger partial charge >= 0.3 is 0 Å². The summed E-state index contributed by atoms with van der Waals surface area (Å²) >= 11 is 0. The minimum Gasteiger partial charge on any atom is -0.496 e. The van der Waals surface area contributed by atoms with Crippen LogP contribution in [-0.2, 0) is 11.3 Å². The van der Waals surface area contributed by atoms with Crippen LogP contribution in [0.3, 0.4) is 0 Å². The van der Waals surface area contributed by atoms with E-state index in [9.17, 15) is 4.79 Å². The first-order valence-corrected chi connectivity index (χ1v) is 9.27. The lowest BCUT2D eigenvalue weighted by molar-refractivity contribution is -0.130. The van der Waals surface area contributed by atoms with Crippen molar-refractivity contribution in [2.75, 3.05) is 26.7 Å². The average Bonchev–Trinajstić information content (AvgIpc) is 3.01. The number of hydrogen-bond donors (Lipinski definition) is 0. The van der Waals surface area contributed by atoms with Crippen LogP contribution < -0.4 is 4.74 Å². The van der Waals surface area contributed by atoms with E-state index in [1.807, 2.05) is 0 Å². The van der Waals surface area contributed by atoms with Crippen molar-refractivity contribution in [1.82, 2.24) is 9.80 Å². The van der Waals surface area contributed by atoms with Gasteiger partial charge in [-0.25, -0.2) is 0 Å². The molecule has 24 heavy (non-hydrogen) atoms. The lowest BCUT2D eigenvalue weighted by atomic mass is 9.98. The Labute approximate surface area is 145 Å². The Bertz CT molecular complexity index is 577. The van der Waals surface area contributed by atoms with Crippen molar-refractivity contribution in [1.29, 1.82) is 0 Å². The number of likely N-dealkylation sites (tertiary alicyclic amines) is 2. The van der Waals surface area contributed by atoms with Gasteiger partial charge in [0, 0.05) is 44.2 Å². The minimum absolute atomic E-state index is 0.361. The molecule has 0 radical (unpaired) electrons.